The van der Waals surface area contributed by atoms with E-state index in [0.717, 1.165) is 12.1 Å². The third kappa shape index (κ3) is 5.53. The van der Waals surface area contributed by atoms with Crippen molar-refractivity contribution in [2.45, 2.75) is 57.7 Å². The van der Waals surface area contributed by atoms with Crippen LogP contribution in [0.15, 0.2) is 42.5 Å². The van der Waals surface area contributed by atoms with Crippen molar-refractivity contribution < 1.29 is 41.3 Å². The lowest BCUT2D eigenvalue weighted by Gasteiger charge is -2.29. The second-order valence-corrected chi connectivity index (χ2v) is 9.29. The van der Waals surface area contributed by atoms with E-state index in [2.05, 4.69) is 0 Å². The van der Waals surface area contributed by atoms with Crippen LogP contribution in [0.3, 0.4) is 0 Å². The summed E-state index contributed by atoms with van der Waals surface area (Å²) in [4.78, 5) is 12.6. The van der Waals surface area contributed by atoms with Crippen LogP contribution in [0.5, 0.6) is 5.75 Å². The van der Waals surface area contributed by atoms with E-state index < -0.39 is 47.3 Å². The Morgan fingerprint density at radius 2 is 1.63 bits per heavy atom. The van der Waals surface area contributed by atoms with E-state index in [1.165, 1.54) is 37.3 Å². The molecule has 0 bridgehead atoms. The first-order valence-corrected chi connectivity index (χ1v) is 12.4. The normalized spacial score (nSPS) is 18.2. The lowest BCUT2D eigenvalue weighted by atomic mass is 9.82. The molecule has 1 aliphatic carbocycles. The molecule has 0 amide bonds. The largest absolute Gasteiger partial charge is 0.491 e. The lowest BCUT2D eigenvalue weighted by molar-refractivity contribution is 0.0189. The van der Waals surface area contributed by atoms with Gasteiger partial charge in [-0.2, -0.15) is 4.39 Å². The molecule has 1 N–H and O–H groups in total. The van der Waals surface area contributed by atoms with E-state index in [4.69, 9.17) is 9.47 Å². The topological polar surface area (TPSA) is 55.8 Å². The molecule has 9 heteroatoms. The molecule has 0 radical (unpaired) electrons. The van der Waals surface area contributed by atoms with Crippen molar-refractivity contribution in [3.05, 3.63) is 88.2 Å². The van der Waals surface area contributed by atoms with E-state index in [0.29, 0.717) is 25.7 Å². The Balaban J connectivity index is 1.41. The Labute approximate surface area is 217 Å². The van der Waals surface area contributed by atoms with Crippen LogP contribution in [-0.4, -0.2) is 23.8 Å². The quantitative estimate of drug-likeness (QED) is 0.254. The molecule has 0 spiro atoms. The van der Waals surface area contributed by atoms with Gasteiger partial charge in [0.25, 0.3) is 0 Å². The monoisotopic (exact) mass is 534 g/mol. The summed E-state index contributed by atoms with van der Waals surface area (Å²) in [5.74, 6) is -6.85. The number of ether oxygens (including phenoxy) is 2. The maximum Gasteiger partial charge on any atom is 0.341 e. The molecule has 3 aromatic rings. The van der Waals surface area contributed by atoms with Gasteiger partial charge in [0.05, 0.1) is 18.3 Å². The molecule has 0 saturated heterocycles. The molecule has 0 aliphatic heterocycles. The van der Waals surface area contributed by atoms with Crippen molar-refractivity contribution in [1.29, 1.82) is 0 Å². The lowest BCUT2D eigenvalue weighted by Crippen LogP contribution is -2.25. The summed E-state index contributed by atoms with van der Waals surface area (Å²) < 4.78 is 82.8. The molecule has 1 unspecified atom stereocenters. The number of aliphatic hydroxyl groups is 1. The van der Waals surface area contributed by atoms with Crippen LogP contribution in [0.2, 0.25) is 0 Å². The molecule has 38 heavy (non-hydrogen) atoms. The van der Waals surface area contributed by atoms with E-state index in [9.17, 15) is 31.9 Å². The molecule has 3 aromatic carbocycles. The number of carbonyl (C=O) groups is 1. The Bertz CT molecular complexity index is 1330. The highest BCUT2D eigenvalue weighted by Gasteiger charge is 2.29. The number of hydrogen-bond acceptors (Lipinski definition) is 4. The molecular formula is C29H27F5O4. The summed E-state index contributed by atoms with van der Waals surface area (Å²) in [6, 6.07) is 8.71. The van der Waals surface area contributed by atoms with E-state index in [1.807, 2.05) is 0 Å². The van der Waals surface area contributed by atoms with Gasteiger partial charge in [-0.3, -0.25) is 0 Å². The molecule has 4 nitrogen and oxygen atoms in total. The van der Waals surface area contributed by atoms with Gasteiger partial charge in [-0.1, -0.05) is 18.2 Å². The minimum absolute atomic E-state index is 0.0369. The summed E-state index contributed by atoms with van der Waals surface area (Å²) in [5.41, 5.74) is -0.416. The summed E-state index contributed by atoms with van der Waals surface area (Å²) in [5, 5.41) is 9.57. The standard InChI is InChI=1S/C29H27F5O4/c1-3-37-24-13-12-21(27(33)28(24)34)17-6-9-22(23(30)14-17)29(36)38-18-7-4-16(5-8-18)20-11-10-19(15(2)35)25(31)26(20)32/h6,9-16,18,35H,3-5,7-8H2,1-2H3. The van der Waals surface area contributed by atoms with Crippen molar-refractivity contribution in [1.82, 2.24) is 0 Å². The van der Waals surface area contributed by atoms with Gasteiger partial charge in [-0.05, 0) is 80.8 Å². The Morgan fingerprint density at radius 1 is 0.921 bits per heavy atom. The maximum atomic E-state index is 14.8. The van der Waals surface area contributed by atoms with Gasteiger partial charge in [0.15, 0.2) is 23.2 Å². The van der Waals surface area contributed by atoms with Gasteiger partial charge in [-0.25, -0.2) is 22.4 Å². The number of halogens is 5. The summed E-state index contributed by atoms with van der Waals surface area (Å²) >= 11 is 0. The minimum atomic E-state index is -1.20. The summed E-state index contributed by atoms with van der Waals surface area (Å²) in [6.45, 7) is 3.13. The predicted octanol–water partition coefficient (Wildman–Crippen LogP) is 7.38. The molecule has 0 heterocycles. The molecule has 1 fully saturated rings. The van der Waals surface area contributed by atoms with Crippen molar-refractivity contribution in [2.24, 2.45) is 0 Å². The Hall–Kier alpha value is -3.46. The average Bonchev–Trinajstić information content (AvgIpc) is 2.89. The van der Waals surface area contributed by atoms with Crippen molar-refractivity contribution in [3.8, 4) is 16.9 Å². The second kappa shape index (κ2) is 11.5. The van der Waals surface area contributed by atoms with Gasteiger partial charge in [0.2, 0.25) is 5.82 Å². The zero-order valence-electron chi connectivity index (χ0n) is 20.9. The van der Waals surface area contributed by atoms with Gasteiger partial charge in [0.1, 0.15) is 11.9 Å². The number of rotatable bonds is 7. The van der Waals surface area contributed by atoms with Crippen molar-refractivity contribution >= 4 is 5.97 Å². The molecule has 1 aliphatic rings. The molecule has 202 valence electrons. The fraction of sp³-hybridized carbons (Fsp3) is 0.345. The molecule has 0 aromatic heterocycles. The first kappa shape index (κ1) is 27.6. The number of carbonyl (C=O) groups excluding carboxylic acids is 1. The highest BCUT2D eigenvalue weighted by atomic mass is 19.2. The first-order chi connectivity index (χ1) is 18.1. The minimum Gasteiger partial charge on any atom is -0.491 e. The van der Waals surface area contributed by atoms with Gasteiger partial charge in [0, 0.05) is 11.1 Å². The Morgan fingerprint density at radius 3 is 2.26 bits per heavy atom. The summed E-state index contributed by atoms with van der Waals surface area (Å²) in [7, 11) is 0. The summed E-state index contributed by atoms with van der Waals surface area (Å²) in [6.07, 6.45) is -0.0965. The molecule has 4 rings (SSSR count). The van der Waals surface area contributed by atoms with E-state index in [1.54, 1.807) is 6.92 Å². The number of benzene rings is 3. The SMILES string of the molecule is CCOc1ccc(-c2ccc(C(=O)OC3CCC(c4ccc(C(C)O)c(F)c4F)CC3)c(F)c2)c(F)c1F. The van der Waals surface area contributed by atoms with Crippen LogP contribution in [-0.2, 0) is 4.74 Å². The Kier molecular flexibility index (Phi) is 8.35. The van der Waals surface area contributed by atoms with Crippen LogP contribution < -0.4 is 4.74 Å². The average molecular weight is 535 g/mol. The van der Waals surface area contributed by atoms with E-state index >= 15 is 0 Å². The van der Waals surface area contributed by atoms with Gasteiger partial charge < -0.3 is 14.6 Å². The zero-order chi connectivity index (χ0) is 27.6. The zero-order valence-corrected chi connectivity index (χ0v) is 20.9. The molecule has 1 atom stereocenters. The van der Waals surface area contributed by atoms with Crippen LogP contribution in [0.25, 0.3) is 11.1 Å². The third-order valence-corrected chi connectivity index (χ3v) is 6.83. The molecular weight excluding hydrogens is 507 g/mol. The second-order valence-electron chi connectivity index (χ2n) is 9.29. The predicted molar refractivity (Wildman–Crippen MR) is 130 cm³/mol. The maximum absolute atomic E-state index is 14.8. The number of esters is 1. The van der Waals surface area contributed by atoms with Crippen LogP contribution >= 0.6 is 0 Å². The van der Waals surface area contributed by atoms with Gasteiger partial charge >= 0.3 is 5.97 Å². The third-order valence-electron chi connectivity index (χ3n) is 6.83. The van der Waals surface area contributed by atoms with Crippen molar-refractivity contribution in [3.63, 3.8) is 0 Å². The highest BCUT2D eigenvalue weighted by molar-refractivity contribution is 5.90. The first-order valence-electron chi connectivity index (χ1n) is 12.4. The highest BCUT2D eigenvalue weighted by Crippen LogP contribution is 2.37. The van der Waals surface area contributed by atoms with Crippen LogP contribution in [0.4, 0.5) is 22.0 Å². The van der Waals surface area contributed by atoms with Crippen LogP contribution in [0.1, 0.15) is 73.0 Å². The van der Waals surface area contributed by atoms with Crippen molar-refractivity contribution in [2.75, 3.05) is 6.61 Å². The fourth-order valence-corrected chi connectivity index (χ4v) is 4.79. The number of hydrogen-bond donors (Lipinski definition) is 1. The number of aliphatic hydroxyl groups excluding tert-OH is 1. The van der Waals surface area contributed by atoms with Crippen LogP contribution in [0, 0.1) is 29.1 Å². The fourth-order valence-electron chi connectivity index (χ4n) is 4.79. The molecule has 1 saturated carbocycles. The van der Waals surface area contributed by atoms with E-state index in [-0.39, 0.29) is 46.1 Å². The smallest absolute Gasteiger partial charge is 0.341 e. The van der Waals surface area contributed by atoms with Gasteiger partial charge in [-0.15, -0.1) is 0 Å².